The van der Waals surface area contributed by atoms with Crippen molar-refractivity contribution in [1.82, 2.24) is 10.3 Å². The van der Waals surface area contributed by atoms with Crippen LogP contribution in [0.1, 0.15) is 31.5 Å². The molecule has 5 heteroatoms. The van der Waals surface area contributed by atoms with Crippen molar-refractivity contribution in [3.63, 3.8) is 0 Å². The minimum atomic E-state index is -0.0767. The summed E-state index contributed by atoms with van der Waals surface area (Å²) in [5.74, 6) is 0.656. The highest BCUT2D eigenvalue weighted by Crippen LogP contribution is 2.19. The summed E-state index contributed by atoms with van der Waals surface area (Å²) in [7, 11) is 1.61. The molecule has 0 fully saturated rings. The zero-order valence-electron chi connectivity index (χ0n) is 12.8. The highest BCUT2D eigenvalue weighted by Gasteiger charge is 2.09. The largest absolute Gasteiger partial charge is 0.496 e. The van der Waals surface area contributed by atoms with Crippen molar-refractivity contribution < 1.29 is 9.53 Å². The van der Waals surface area contributed by atoms with Crippen molar-refractivity contribution in [2.45, 2.75) is 27.2 Å². The average molecular weight is 304 g/mol. The van der Waals surface area contributed by atoms with E-state index in [1.54, 1.807) is 24.5 Å². The van der Waals surface area contributed by atoms with Crippen LogP contribution in [0.5, 0.6) is 5.75 Å². The molecule has 1 amide bonds. The first-order valence-corrected chi connectivity index (χ1v) is 7.68. The molecule has 0 aliphatic rings. The van der Waals surface area contributed by atoms with E-state index in [-0.39, 0.29) is 5.91 Å². The third-order valence-electron chi connectivity index (χ3n) is 3.31. The number of methoxy groups -OCH3 is 1. The molecule has 0 spiro atoms. The normalized spacial score (nSPS) is 10.5. The van der Waals surface area contributed by atoms with E-state index in [9.17, 15) is 4.79 Å². The number of ether oxygens (including phenoxy) is 1. The first-order valence-electron chi connectivity index (χ1n) is 6.87. The van der Waals surface area contributed by atoms with Gasteiger partial charge in [-0.3, -0.25) is 4.79 Å². The van der Waals surface area contributed by atoms with Gasteiger partial charge in [-0.05, 0) is 38.5 Å². The predicted molar refractivity (Wildman–Crippen MR) is 85.4 cm³/mol. The SMILES string of the molecule is COc1cc(C(=O)NCCc2sc(C)nc2C)ccc1C. The summed E-state index contributed by atoms with van der Waals surface area (Å²) in [4.78, 5) is 17.7. The summed E-state index contributed by atoms with van der Waals surface area (Å²) in [6.45, 7) is 6.57. The lowest BCUT2D eigenvalue weighted by atomic mass is 10.1. The Labute approximate surface area is 129 Å². The smallest absolute Gasteiger partial charge is 0.251 e. The Bertz CT molecular complexity index is 650. The summed E-state index contributed by atoms with van der Waals surface area (Å²) in [6, 6.07) is 5.48. The maximum atomic E-state index is 12.1. The van der Waals surface area contributed by atoms with Gasteiger partial charge in [0.05, 0.1) is 17.8 Å². The number of aromatic nitrogens is 1. The van der Waals surface area contributed by atoms with Gasteiger partial charge in [0.1, 0.15) is 5.75 Å². The van der Waals surface area contributed by atoms with Gasteiger partial charge < -0.3 is 10.1 Å². The van der Waals surface area contributed by atoms with Crippen LogP contribution in [0.15, 0.2) is 18.2 Å². The number of carbonyl (C=O) groups is 1. The molecule has 0 saturated carbocycles. The fourth-order valence-corrected chi connectivity index (χ4v) is 3.09. The third-order valence-corrected chi connectivity index (χ3v) is 4.44. The summed E-state index contributed by atoms with van der Waals surface area (Å²) < 4.78 is 5.24. The van der Waals surface area contributed by atoms with E-state index in [0.29, 0.717) is 12.1 Å². The minimum Gasteiger partial charge on any atom is -0.496 e. The molecule has 1 aromatic heterocycles. The van der Waals surface area contributed by atoms with Gasteiger partial charge in [0.25, 0.3) is 5.91 Å². The molecular formula is C16H20N2O2S. The van der Waals surface area contributed by atoms with Gasteiger partial charge in [0.15, 0.2) is 0 Å². The van der Waals surface area contributed by atoms with Gasteiger partial charge in [0, 0.05) is 23.4 Å². The van der Waals surface area contributed by atoms with Gasteiger partial charge >= 0.3 is 0 Å². The fourth-order valence-electron chi connectivity index (χ4n) is 2.16. The minimum absolute atomic E-state index is 0.0767. The Balaban J connectivity index is 1.94. The molecule has 1 N–H and O–H groups in total. The molecule has 0 aliphatic heterocycles. The van der Waals surface area contributed by atoms with Gasteiger partial charge in [-0.2, -0.15) is 0 Å². The molecule has 1 heterocycles. The number of rotatable bonds is 5. The van der Waals surface area contributed by atoms with E-state index >= 15 is 0 Å². The third kappa shape index (κ3) is 3.82. The second-order valence-electron chi connectivity index (χ2n) is 4.93. The maximum Gasteiger partial charge on any atom is 0.251 e. The highest BCUT2D eigenvalue weighted by atomic mass is 32.1. The lowest BCUT2D eigenvalue weighted by Gasteiger charge is -2.08. The quantitative estimate of drug-likeness (QED) is 0.923. The first-order chi connectivity index (χ1) is 10.0. The second kappa shape index (κ2) is 6.72. The van der Waals surface area contributed by atoms with Crippen LogP contribution in [0.3, 0.4) is 0 Å². The zero-order chi connectivity index (χ0) is 15.4. The summed E-state index contributed by atoms with van der Waals surface area (Å²) in [6.07, 6.45) is 0.812. The van der Waals surface area contributed by atoms with E-state index in [0.717, 1.165) is 28.4 Å². The van der Waals surface area contributed by atoms with E-state index in [2.05, 4.69) is 10.3 Å². The molecule has 4 nitrogen and oxygen atoms in total. The van der Waals surface area contributed by atoms with Crippen molar-refractivity contribution in [2.75, 3.05) is 13.7 Å². The average Bonchev–Trinajstić information content (AvgIpc) is 2.77. The summed E-state index contributed by atoms with van der Waals surface area (Å²) in [5, 5.41) is 4.01. The van der Waals surface area contributed by atoms with Crippen LogP contribution in [-0.4, -0.2) is 24.5 Å². The van der Waals surface area contributed by atoms with E-state index in [1.165, 1.54) is 4.88 Å². The fraction of sp³-hybridized carbons (Fsp3) is 0.375. The van der Waals surface area contributed by atoms with Crippen LogP contribution in [0.25, 0.3) is 0 Å². The molecule has 0 bridgehead atoms. The number of hydrogen-bond donors (Lipinski definition) is 1. The van der Waals surface area contributed by atoms with Crippen molar-refractivity contribution >= 4 is 17.2 Å². The number of aryl methyl sites for hydroxylation is 3. The molecule has 0 radical (unpaired) electrons. The molecule has 1 aromatic carbocycles. The topological polar surface area (TPSA) is 51.2 Å². The number of thiazole rings is 1. The molecule has 0 saturated heterocycles. The molecule has 2 aromatic rings. The Hall–Kier alpha value is -1.88. The van der Waals surface area contributed by atoms with Crippen LogP contribution in [-0.2, 0) is 6.42 Å². The van der Waals surface area contributed by atoms with Crippen LogP contribution in [0.2, 0.25) is 0 Å². The number of amides is 1. The predicted octanol–water partition coefficient (Wildman–Crippen LogP) is 3.05. The molecule has 21 heavy (non-hydrogen) atoms. The molecule has 0 aliphatic carbocycles. The van der Waals surface area contributed by atoms with E-state index in [4.69, 9.17) is 4.74 Å². The highest BCUT2D eigenvalue weighted by molar-refractivity contribution is 7.11. The lowest BCUT2D eigenvalue weighted by Crippen LogP contribution is -2.25. The Morgan fingerprint density at radius 2 is 2.10 bits per heavy atom. The number of benzene rings is 1. The number of nitrogens with one attached hydrogen (secondary N) is 1. The monoisotopic (exact) mass is 304 g/mol. The van der Waals surface area contributed by atoms with Gasteiger partial charge in [-0.25, -0.2) is 4.98 Å². The Morgan fingerprint density at radius 1 is 1.33 bits per heavy atom. The standard InChI is InChI=1S/C16H20N2O2S/c1-10-5-6-13(9-14(10)20-4)16(19)17-8-7-15-11(2)18-12(3)21-15/h5-6,9H,7-8H2,1-4H3,(H,17,19). The van der Waals surface area contributed by atoms with Gasteiger partial charge in [0.2, 0.25) is 0 Å². The van der Waals surface area contributed by atoms with Crippen LogP contribution < -0.4 is 10.1 Å². The van der Waals surface area contributed by atoms with Crippen molar-refractivity contribution in [2.24, 2.45) is 0 Å². The van der Waals surface area contributed by atoms with Crippen molar-refractivity contribution in [1.29, 1.82) is 0 Å². The molecule has 0 atom stereocenters. The molecule has 112 valence electrons. The van der Waals surface area contributed by atoms with E-state index in [1.807, 2.05) is 32.9 Å². The number of carbonyl (C=O) groups excluding carboxylic acids is 1. The Kier molecular flexibility index (Phi) is 4.96. The van der Waals surface area contributed by atoms with Crippen molar-refractivity contribution in [3.8, 4) is 5.75 Å². The second-order valence-corrected chi connectivity index (χ2v) is 6.22. The van der Waals surface area contributed by atoms with Gasteiger partial charge in [-0.15, -0.1) is 11.3 Å². The first kappa shape index (κ1) is 15.5. The van der Waals surface area contributed by atoms with Crippen LogP contribution in [0, 0.1) is 20.8 Å². The lowest BCUT2D eigenvalue weighted by molar-refractivity contribution is 0.0954. The maximum absolute atomic E-state index is 12.1. The number of nitrogens with zero attached hydrogens (tertiary/aromatic N) is 1. The van der Waals surface area contributed by atoms with Crippen LogP contribution >= 0.6 is 11.3 Å². The summed E-state index contributed by atoms with van der Waals surface area (Å²) in [5.41, 5.74) is 2.70. The van der Waals surface area contributed by atoms with Crippen LogP contribution in [0.4, 0.5) is 0 Å². The zero-order valence-corrected chi connectivity index (χ0v) is 13.6. The Morgan fingerprint density at radius 3 is 2.71 bits per heavy atom. The molecular weight excluding hydrogens is 284 g/mol. The van der Waals surface area contributed by atoms with Crippen molar-refractivity contribution in [3.05, 3.63) is 44.9 Å². The molecule has 2 rings (SSSR count). The number of hydrogen-bond acceptors (Lipinski definition) is 4. The molecule has 0 unspecified atom stereocenters. The van der Waals surface area contributed by atoms with Gasteiger partial charge in [-0.1, -0.05) is 6.07 Å². The van der Waals surface area contributed by atoms with E-state index < -0.39 is 0 Å². The summed E-state index contributed by atoms with van der Waals surface area (Å²) >= 11 is 1.69.